The molecule has 0 saturated carbocycles. The fraction of sp³-hybridized carbons (Fsp3) is 0.417. The number of hydrogen-bond donors (Lipinski definition) is 0. The SMILES string of the molecule is [C-]#[N+]N(Cc1cc(C(F)(F)F)cc(C(F)(F)F)c1)C1CCCN(C(=O)OC(C)C)c2ccc(Br)cc21. The third kappa shape index (κ3) is 6.43. The van der Waals surface area contributed by atoms with Crippen LogP contribution >= 0.6 is 15.9 Å². The first kappa shape index (κ1) is 27.6. The molecule has 0 saturated heterocycles. The zero-order valence-electron chi connectivity index (χ0n) is 19.3. The minimum absolute atomic E-state index is 0.0575. The van der Waals surface area contributed by atoms with Gasteiger partial charge in [0.2, 0.25) is 0 Å². The Morgan fingerprint density at radius 2 is 1.75 bits per heavy atom. The highest BCUT2D eigenvalue weighted by Crippen LogP contribution is 2.41. The van der Waals surface area contributed by atoms with E-state index in [1.165, 1.54) is 4.90 Å². The van der Waals surface area contributed by atoms with Gasteiger partial charge in [0.1, 0.15) is 12.6 Å². The Bertz CT molecular complexity index is 1130. The van der Waals surface area contributed by atoms with Crippen LogP contribution in [0.3, 0.4) is 0 Å². The van der Waals surface area contributed by atoms with E-state index < -0.39 is 42.2 Å². The fourth-order valence-corrected chi connectivity index (χ4v) is 4.41. The number of rotatable bonds is 4. The molecule has 0 N–H and O–H groups in total. The van der Waals surface area contributed by atoms with Gasteiger partial charge in [0.05, 0.1) is 22.9 Å². The number of anilines is 1. The number of fused-ring (bicyclic) bond motifs is 1. The van der Waals surface area contributed by atoms with E-state index in [1.807, 2.05) is 0 Å². The summed E-state index contributed by atoms with van der Waals surface area (Å²) in [5.74, 6) is 0. The molecular formula is C24H22BrF6N3O2. The molecule has 2 aromatic rings. The third-order valence-electron chi connectivity index (χ3n) is 5.54. The predicted octanol–water partition coefficient (Wildman–Crippen LogP) is 8.01. The van der Waals surface area contributed by atoms with Crippen molar-refractivity contribution in [1.29, 1.82) is 0 Å². The predicted molar refractivity (Wildman–Crippen MR) is 124 cm³/mol. The summed E-state index contributed by atoms with van der Waals surface area (Å²) in [7, 11) is 0. The number of hydrogen-bond acceptors (Lipinski definition) is 3. The summed E-state index contributed by atoms with van der Waals surface area (Å²) in [6.07, 6.45) is -10.2. The zero-order valence-corrected chi connectivity index (χ0v) is 20.8. The Morgan fingerprint density at radius 1 is 1.14 bits per heavy atom. The zero-order chi connectivity index (χ0) is 26.8. The molecule has 0 bridgehead atoms. The molecule has 194 valence electrons. The van der Waals surface area contributed by atoms with Gasteiger partial charge in [-0.25, -0.2) is 4.79 Å². The van der Waals surface area contributed by atoms with E-state index >= 15 is 0 Å². The molecule has 0 aromatic heterocycles. The molecule has 1 heterocycles. The number of carbonyl (C=O) groups excluding carboxylic acids is 1. The lowest BCUT2D eigenvalue weighted by atomic mass is 9.99. The van der Waals surface area contributed by atoms with Crippen molar-refractivity contribution in [3.05, 3.63) is 74.7 Å². The average Bonchev–Trinajstić information content (AvgIpc) is 2.95. The van der Waals surface area contributed by atoms with Crippen molar-refractivity contribution < 1.29 is 35.9 Å². The van der Waals surface area contributed by atoms with E-state index in [4.69, 9.17) is 11.3 Å². The van der Waals surface area contributed by atoms with Crippen molar-refractivity contribution in [2.24, 2.45) is 0 Å². The molecule has 0 spiro atoms. The van der Waals surface area contributed by atoms with Gasteiger partial charge in [-0.2, -0.15) is 37.9 Å². The van der Waals surface area contributed by atoms with Gasteiger partial charge in [0.25, 0.3) is 0 Å². The molecule has 0 radical (unpaired) electrons. The second kappa shape index (κ2) is 10.6. The van der Waals surface area contributed by atoms with Crippen LogP contribution in [0.5, 0.6) is 0 Å². The van der Waals surface area contributed by atoms with Crippen molar-refractivity contribution in [3.8, 4) is 0 Å². The van der Waals surface area contributed by atoms with E-state index in [-0.39, 0.29) is 24.3 Å². The number of ether oxygens (including phenoxy) is 1. The lowest BCUT2D eigenvalue weighted by molar-refractivity contribution is -0.143. The van der Waals surface area contributed by atoms with Crippen LogP contribution in [0.4, 0.5) is 36.8 Å². The maximum absolute atomic E-state index is 13.3. The lowest BCUT2D eigenvalue weighted by Crippen LogP contribution is -2.34. The first-order valence-electron chi connectivity index (χ1n) is 10.9. The first-order valence-corrected chi connectivity index (χ1v) is 11.7. The van der Waals surface area contributed by atoms with Gasteiger partial charge in [-0.15, -0.1) is 0 Å². The van der Waals surface area contributed by atoms with Crippen LogP contribution in [0.25, 0.3) is 4.95 Å². The molecule has 5 nitrogen and oxygen atoms in total. The summed E-state index contributed by atoms with van der Waals surface area (Å²) in [5.41, 5.74) is -2.20. The van der Waals surface area contributed by atoms with Gasteiger partial charge >= 0.3 is 18.4 Å². The van der Waals surface area contributed by atoms with Crippen LogP contribution in [-0.4, -0.2) is 23.8 Å². The molecule has 1 aliphatic heterocycles. The quantitative estimate of drug-likeness (QED) is 0.210. The highest BCUT2D eigenvalue weighted by atomic mass is 79.9. The maximum Gasteiger partial charge on any atom is 0.416 e. The minimum atomic E-state index is -4.99. The average molecular weight is 578 g/mol. The van der Waals surface area contributed by atoms with E-state index in [1.54, 1.807) is 32.0 Å². The van der Waals surface area contributed by atoms with Crippen LogP contribution in [0.15, 0.2) is 40.9 Å². The Labute approximate surface area is 212 Å². The summed E-state index contributed by atoms with van der Waals surface area (Å²) in [6.45, 7) is 10.9. The van der Waals surface area contributed by atoms with Crippen LogP contribution in [0.2, 0.25) is 0 Å². The van der Waals surface area contributed by atoms with Crippen molar-refractivity contribution in [1.82, 2.24) is 5.01 Å². The Balaban J connectivity index is 2.03. The molecule has 3 rings (SSSR count). The topological polar surface area (TPSA) is 37.1 Å². The molecular weight excluding hydrogens is 556 g/mol. The summed E-state index contributed by atoms with van der Waals surface area (Å²) in [4.78, 5) is 17.6. The molecule has 1 amide bonds. The number of alkyl halides is 6. The largest absolute Gasteiger partial charge is 0.446 e. The monoisotopic (exact) mass is 577 g/mol. The van der Waals surface area contributed by atoms with E-state index in [0.717, 1.165) is 5.01 Å². The molecule has 1 atom stereocenters. The normalized spacial score (nSPS) is 16.2. The molecule has 0 fully saturated rings. The van der Waals surface area contributed by atoms with Crippen molar-refractivity contribution in [3.63, 3.8) is 0 Å². The van der Waals surface area contributed by atoms with Gasteiger partial charge in [-0.05, 0) is 68.7 Å². The number of halogens is 7. The number of amides is 1. The van der Waals surface area contributed by atoms with Gasteiger partial charge in [0.15, 0.2) is 0 Å². The number of carbonyl (C=O) groups is 1. The van der Waals surface area contributed by atoms with E-state index in [2.05, 4.69) is 20.9 Å². The number of benzene rings is 2. The van der Waals surface area contributed by atoms with E-state index in [0.29, 0.717) is 40.7 Å². The highest BCUT2D eigenvalue weighted by Gasteiger charge is 2.38. The van der Waals surface area contributed by atoms with Crippen molar-refractivity contribution >= 4 is 27.7 Å². The Kier molecular flexibility index (Phi) is 8.13. The standard InChI is InChI=1S/C24H22BrF6N3O2/c1-14(2)36-22(35)33-8-4-5-21(19-12-18(25)6-7-20(19)33)34(32-3)13-15-9-16(23(26,27)28)11-17(10-15)24(29,30)31/h6-7,9-12,14,21H,4-5,8,13H2,1-2H3. The van der Waals surface area contributed by atoms with Gasteiger partial charge in [-0.3, -0.25) is 4.90 Å². The summed E-state index contributed by atoms with van der Waals surface area (Å²) in [6, 6.07) is 5.65. The molecule has 1 aliphatic rings. The van der Waals surface area contributed by atoms with Gasteiger partial charge in [0, 0.05) is 16.6 Å². The van der Waals surface area contributed by atoms with Crippen LogP contribution in [0.1, 0.15) is 55.0 Å². The molecule has 36 heavy (non-hydrogen) atoms. The molecule has 1 unspecified atom stereocenters. The summed E-state index contributed by atoms with van der Waals surface area (Å²) < 4.78 is 85.9. The second-order valence-electron chi connectivity index (χ2n) is 8.56. The maximum atomic E-state index is 13.3. The first-order chi connectivity index (χ1) is 16.7. The third-order valence-corrected chi connectivity index (χ3v) is 6.03. The minimum Gasteiger partial charge on any atom is -0.446 e. The number of nitrogens with zero attached hydrogens (tertiary/aromatic N) is 3. The fourth-order valence-electron chi connectivity index (χ4n) is 4.03. The molecule has 12 heteroatoms. The Hall–Kier alpha value is -2.94. The van der Waals surface area contributed by atoms with Gasteiger partial charge < -0.3 is 4.74 Å². The van der Waals surface area contributed by atoms with E-state index in [9.17, 15) is 31.1 Å². The van der Waals surface area contributed by atoms with Crippen LogP contribution < -0.4 is 4.90 Å². The molecule has 0 aliphatic carbocycles. The van der Waals surface area contributed by atoms with Crippen LogP contribution in [-0.2, 0) is 23.6 Å². The summed E-state index contributed by atoms with van der Waals surface area (Å²) in [5, 5.41) is 1.12. The summed E-state index contributed by atoms with van der Waals surface area (Å²) >= 11 is 3.36. The smallest absolute Gasteiger partial charge is 0.416 e. The highest BCUT2D eigenvalue weighted by molar-refractivity contribution is 9.10. The molecule has 2 aromatic carbocycles. The van der Waals surface area contributed by atoms with Crippen LogP contribution in [0, 0.1) is 6.57 Å². The van der Waals surface area contributed by atoms with Gasteiger partial charge in [-0.1, -0.05) is 20.9 Å². The van der Waals surface area contributed by atoms with Crippen molar-refractivity contribution in [2.75, 3.05) is 11.4 Å². The van der Waals surface area contributed by atoms with Crippen molar-refractivity contribution in [2.45, 2.75) is 57.7 Å². The second-order valence-corrected chi connectivity index (χ2v) is 9.47. The lowest BCUT2D eigenvalue weighted by Gasteiger charge is -2.26. The Morgan fingerprint density at radius 3 is 2.28 bits per heavy atom.